The number of phenolic OH excluding ortho intramolecular Hbond substituents is 1. The molecule has 10 nitrogen and oxygen atoms in total. The molecule has 2 aromatic carbocycles. The standard InChI is InChI=1S/C30H24Cl3FN2O8/c1-44-20-11-13(10-19(31)24(20)39)23-16-6-7-17-22(26(41)35(25(17)40)9-8-21(37)38)18(16)12-29(32)27(42)36(28(43)30(23,29)33)15-4-2-14(34)3-5-15/h2-6,10-11,17-18,22-23,39H,7-9,12H2,1H3,(H,37,38)/t17-,18+,22-,23-,29+,30-/m0/s1. The Kier molecular flexibility index (Phi) is 7.22. The first-order valence-electron chi connectivity index (χ1n) is 13.6. The fourth-order valence-corrected chi connectivity index (χ4v) is 8.34. The summed E-state index contributed by atoms with van der Waals surface area (Å²) in [6.45, 7) is -0.322. The van der Waals surface area contributed by atoms with E-state index < -0.39 is 75.3 Å². The molecule has 2 aliphatic heterocycles. The highest BCUT2D eigenvalue weighted by Crippen LogP contribution is 2.66. The number of imide groups is 2. The van der Waals surface area contributed by atoms with Crippen LogP contribution in [0.3, 0.4) is 0 Å². The van der Waals surface area contributed by atoms with E-state index in [0.717, 1.165) is 21.9 Å². The summed E-state index contributed by atoms with van der Waals surface area (Å²) >= 11 is 20.9. The summed E-state index contributed by atoms with van der Waals surface area (Å²) in [7, 11) is 1.29. The van der Waals surface area contributed by atoms with Crippen molar-refractivity contribution in [1.82, 2.24) is 4.90 Å². The largest absolute Gasteiger partial charge is 0.503 e. The smallest absolute Gasteiger partial charge is 0.305 e. The number of phenols is 1. The van der Waals surface area contributed by atoms with Gasteiger partial charge in [-0.1, -0.05) is 23.3 Å². The van der Waals surface area contributed by atoms with E-state index in [1.807, 2.05) is 0 Å². The zero-order valence-corrected chi connectivity index (χ0v) is 25.2. The van der Waals surface area contributed by atoms with E-state index in [2.05, 4.69) is 0 Å². The third-order valence-corrected chi connectivity index (χ3v) is 10.8. The van der Waals surface area contributed by atoms with Crippen molar-refractivity contribution in [2.75, 3.05) is 18.6 Å². The molecule has 0 radical (unpaired) electrons. The number of anilines is 1. The van der Waals surface area contributed by atoms with Crippen LogP contribution >= 0.6 is 34.8 Å². The summed E-state index contributed by atoms with van der Waals surface area (Å²) in [5, 5.41) is 19.5. The number of carbonyl (C=O) groups is 5. The second kappa shape index (κ2) is 10.5. The van der Waals surface area contributed by atoms with Gasteiger partial charge in [0.15, 0.2) is 21.2 Å². The third-order valence-electron chi connectivity index (χ3n) is 9.14. The predicted octanol–water partition coefficient (Wildman–Crippen LogP) is 4.23. The number of benzene rings is 2. The van der Waals surface area contributed by atoms with E-state index in [9.17, 15) is 33.5 Å². The maximum Gasteiger partial charge on any atom is 0.305 e. The van der Waals surface area contributed by atoms with Crippen LogP contribution < -0.4 is 9.64 Å². The third kappa shape index (κ3) is 4.09. The number of carbonyl (C=O) groups excluding carboxylic acids is 4. The monoisotopic (exact) mass is 664 g/mol. The van der Waals surface area contributed by atoms with Crippen molar-refractivity contribution >= 4 is 70.1 Å². The molecule has 3 fully saturated rings. The van der Waals surface area contributed by atoms with E-state index in [4.69, 9.17) is 44.6 Å². The lowest BCUT2D eigenvalue weighted by Crippen LogP contribution is -2.60. The second-order valence-corrected chi connectivity index (χ2v) is 12.9. The van der Waals surface area contributed by atoms with E-state index in [1.165, 1.54) is 31.4 Å². The van der Waals surface area contributed by atoms with Crippen LogP contribution in [0.2, 0.25) is 5.02 Å². The molecule has 230 valence electrons. The number of ether oxygens (including phenoxy) is 1. The molecule has 6 atom stereocenters. The van der Waals surface area contributed by atoms with Crippen LogP contribution in [-0.4, -0.2) is 68.1 Å². The maximum atomic E-state index is 14.3. The van der Waals surface area contributed by atoms with Crippen LogP contribution in [0.1, 0.15) is 30.7 Å². The number of fused-ring (bicyclic) bond motifs is 4. The van der Waals surface area contributed by atoms with Gasteiger partial charge in [0.25, 0.3) is 11.8 Å². The van der Waals surface area contributed by atoms with Gasteiger partial charge in [0.1, 0.15) is 5.82 Å². The molecule has 4 aliphatic rings. The van der Waals surface area contributed by atoms with E-state index >= 15 is 0 Å². The highest BCUT2D eigenvalue weighted by molar-refractivity contribution is 6.58. The Labute approximate surface area is 264 Å². The molecule has 44 heavy (non-hydrogen) atoms. The molecule has 0 unspecified atom stereocenters. The van der Waals surface area contributed by atoms with Crippen molar-refractivity contribution < 1.29 is 43.3 Å². The molecule has 2 N–H and O–H groups in total. The minimum absolute atomic E-state index is 0.0257. The zero-order valence-electron chi connectivity index (χ0n) is 22.9. The topological polar surface area (TPSA) is 142 Å². The Bertz CT molecular complexity index is 1680. The molecular formula is C30H24Cl3FN2O8. The number of rotatable bonds is 6. The number of hydrogen-bond donors (Lipinski definition) is 2. The fourth-order valence-electron chi connectivity index (χ4n) is 7.18. The summed E-state index contributed by atoms with van der Waals surface area (Å²) in [5.74, 6) is -9.05. The number of halogens is 4. The van der Waals surface area contributed by atoms with Crippen LogP contribution in [0, 0.1) is 23.6 Å². The van der Waals surface area contributed by atoms with Crippen molar-refractivity contribution in [2.45, 2.75) is 34.9 Å². The van der Waals surface area contributed by atoms with E-state index in [0.29, 0.717) is 5.57 Å². The van der Waals surface area contributed by atoms with Gasteiger partial charge < -0.3 is 14.9 Å². The number of amides is 4. The minimum Gasteiger partial charge on any atom is -0.503 e. The molecule has 14 heteroatoms. The van der Waals surface area contributed by atoms with Gasteiger partial charge in [-0.3, -0.25) is 28.9 Å². The number of methoxy groups -OCH3 is 1. The molecule has 2 saturated heterocycles. The summed E-state index contributed by atoms with van der Waals surface area (Å²) in [6.07, 6.45) is 1.03. The molecule has 2 aliphatic carbocycles. The molecular weight excluding hydrogens is 642 g/mol. The quantitative estimate of drug-likeness (QED) is 0.265. The maximum absolute atomic E-state index is 14.3. The number of carboxylic acids is 1. The number of allylic oxidation sites excluding steroid dienone is 2. The minimum atomic E-state index is -2.20. The Balaban J connectivity index is 1.54. The van der Waals surface area contributed by atoms with Crippen molar-refractivity contribution in [2.24, 2.45) is 17.8 Å². The summed E-state index contributed by atoms with van der Waals surface area (Å²) < 4.78 is 19.1. The summed E-state index contributed by atoms with van der Waals surface area (Å²) in [4.78, 5) is 64.2. The number of hydrogen-bond acceptors (Lipinski definition) is 7. The predicted molar refractivity (Wildman–Crippen MR) is 155 cm³/mol. The average Bonchev–Trinajstić information content (AvgIpc) is 3.31. The molecule has 4 amide bonds. The van der Waals surface area contributed by atoms with Gasteiger partial charge in [0.2, 0.25) is 11.8 Å². The number of alkyl halides is 2. The van der Waals surface area contributed by atoms with Crippen molar-refractivity contribution in [3.05, 3.63) is 64.5 Å². The lowest BCUT2D eigenvalue weighted by atomic mass is 9.56. The van der Waals surface area contributed by atoms with Gasteiger partial charge in [0.05, 0.1) is 36.1 Å². The lowest BCUT2D eigenvalue weighted by Gasteiger charge is -2.50. The SMILES string of the molecule is COc1cc([C@H]2C3=CC[C@@H]4C(=O)N(CCC(=O)O)C(=O)[C@@H]4[C@@H]3C[C@@]3(Cl)C(=O)N(c4ccc(F)cc4)C(=O)[C@@]23Cl)cc(Cl)c1O. The first-order valence-corrected chi connectivity index (χ1v) is 14.7. The summed E-state index contributed by atoms with van der Waals surface area (Å²) in [5.41, 5.74) is 0.739. The van der Waals surface area contributed by atoms with Gasteiger partial charge in [0, 0.05) is 12.5 Å². The molecule has 1 saturated carbocycles. The van der Waals surface area contributed by atoms with Gasteiger partial charge in [-0.15, -0.1) is 23.2 Å². The first kappa shape index (κ1) is 30.4. The Morgan fingerprint density at radius 1 is 1.07 bits per heavy atom. The van der Waals surface area contributed by atoms with Gasteiger partial charge in [-0.25, -0.2) is 9.29 Å². The highest BCUT2D eigenvalue weighted by atomic mass is 35.5. The number of carboxylic acid groups (broad SMARTS) is 1. The number of nitrogens with zero attached hydrogens (tertiary/aromatic N) is 2. The van der Waals surface area contributed by atoms with Gasteiger partial charge in [-0.2, -0.15) is 0 Å². The normalized spacial score (nSPS) is 31.1. The van der Waals surface area contributed by atoms with E-state index in [-0.39, 0.29) is 47.2 Å². The van der Waals surface area contributed by atoms with Crippen LogP contribution in [-0.2, 0) is 24.0 Å². The summed E-state index contributed by atoms with van der Waals surface area (Å²) in [6, 6.07) is 7.38. The van der Waals surface area contributed by atoms with Crippen LogP contribution in [0.5, 0.6) is 11.5 Å². The average molecular weight is 666 g/mol. The van der Waals surface area contributed by atoms with Gasteiger partial charge >= 0.3 is 5.97 Å². The zero-order chi connectivity index (χ0) is 31.9. The highest BCUT2D eigenvalue weighted by Gasteiger charge is 2.76. The van der Waals surface area contributed by atoms with Crippen molar-refractivity contribution in [3.8, 4) is 11.5 Å². The number of likely N-dealkylation sites (tertiary alicyclic amines) is 1. The molecule has 2 aromatic rings. The molecule has 0 spiro atoms. The van der Waals surface area contributed by atoms with Crippen LogP contribution in [0.4, 0.5) is 10.1 Å². The molecule has 6 rings (SSSR count). The Hall–Kier alpha value is -3.67. The Morgan fingerprint density at radius 3 is 2.39 bits per heavy atom. The van der Waals surface area contributed by atoms with Crippen LogP contribution in [0.15, 0.2) is 48.0 Å². The van der Waals surface area contributed by atoms with Crippen LogP contribution in [0.25, 0.3) is 0 Å². The fraction of sp³-hybridized carbons (Fsp3) is 0.367. The Morgan fingerprint density at radius 2 is 1.75 bits per heavy atom. The molecule has 0 bridgehead atoms. The number of aliphatic carboxylic acids is 1. The first-order chi connectivity index (χ1) is 20.8. The van der Waals surface area contributed by atoms with Crippen molar-refractivity contribution in [1.29, 1.82) is 0 Å². The van der Waals surface area contributed by atoms with Crippen molar-refractivity contribution in [3.63, 3.8) is 0 Å². The molecule has 0 aromatic heterocycles. The van der Waals surface area contributed by atoms with Gasteiger partial charge in [-0.05, 0) is 60.7 Å². The lowest BCUT2D eigenvalue weighted by molar-refractivity contribution is -0.142. The van der Waals surface area contributed by atoms with E-state index in [1.54, 1.807) is 6.08 Å². The molecule has 2 heterocycles. The number of aromatic hydroxyl groups is 1. The second-order valence-electron chi connectivity index (χ2n) is 11.3.